The van der Waals surface area contributed by atoms with E-state index in [9.17, 15) is 20.0 Å². The zero-order valence-electron chi connectivity index (χ0n) is 14.8. The van der Waals surface area contributed by atoms with E-state index in [1.807, 2.05) is 44.2 Å². The van der Waals surface area contributed by atoms with Crippen LogP contribution in [0.25, 0.3) is 0 Å². The average molecular weight is 357 g/mol. The maximum absolute atomic E-state index is 12.8. The molecule has 2 aromatic carbocycles. The minimum atomic E-state index is -0.512. The molecule has 2 amide bonds. The first kappa shape index (κ1) is 19.4. The Bertz CT molecular complexity index is 749. The summed E-state index contributed by atoms with van der Waals surface area (Å²) in [6, 6.07) is 14.5. The molecule has 2 aromatic rings. The van der Waals surface area contributed by atoms with E-state index in [0.717, 1.165) is 5.56 Å². The number of nitro groups is 1. The van der Waals surface area contributed by atoms with Crippen LogP contribution in [-0.4, -0.2) is 33.6 Å². The number of amides is 2. The van der Waals surface area contributed by atoms with Crippen LogP contribution in [0.4, 0.5) is 16.2 Å². The minimum absolute atomic E-state index is 0.0413. The molecule has 0 saturated carbocycles. The van der Waals surface area contributed by atoms with Crippen molar-refractivity contribution in [1.29, 1.82) is 0 Å². The fourth-order valence-corrected chi connectivity index (χ4v) is 2.68. The Morgan fingerprint density at radius 2 is 1.88 bits per heavy atom. The van der Waals surface area contributed by atoms with Crippen molar-refractivity contribution < 1.29 is 14.8 Å². The number of aliphatic hydroxyl groups excluding tert-OH is 1. The lowest BCUT2D eigenvalue weighted by atomic mass is 10.0. The van der Waals surface area contributed by atoms with E-state index in [1.165, 1.54) is 18.2 Å². The van der Waals surface area contributed by atoms with Crippen LogP contribution in [0.15, 0.2) is 54.6 Å². The molecule has 2 rings (SSSR count). The lowest BCUT2D eigenvalue weighted by Gasteiger charge is -2.33. The predicted octanol–water partition coefficient (Wildman–Crippen LogP) is 3.65. The summed E-state index contributed by atoms with van der Waals surface area (Å²) in [5, 5.41) is 23.4. The van der Waals surface area contributed by atoms with Crippen molar-refractivity contribution in [3.63, 3.8) is 0 Å². The molecule has 7 heteroatoms. The van der Waals surface area contributed by atoms with Gasteiger partial charge in [-0.25, -0.2) is 4.79 Å². The number of non-ortho nitro benzene ring substituents is 1. The summed E-state index contributed by atoms with van der Waals surface area (Å²) in [6.45, 7) is 4.01. The van der Waals surface area contributed by atoms with Gasteiger partial charge in [0.2, 0.25) is 0 Å². The highest BCUT2D eigenvalue weighted by atomic mass is 16.6. The van der Waals surface area contributed by atoms with Crippen molar-refractivity contribution >= 4 is 17.4 Å². The van der Waals surface area contributed by atoms with Crippen LogP contribution in [0, 0.1) is 16.0 Å². The van der Waals surface area contributed by atoms with Crippen LogP contribution in [0.2, 0.25) is 0 Å². The maximum atomic E-state index is 12.8. The summed E-state index contributed by atoms with van der Waals surface area (Å²) in [4.78, 5) is 24.8. The highest BCUT2D eigenvalue weighted by molar-refractivity contribution is 5.90. The molecule has 0 aliphatic carbocycles. The standard InChI is InChI=1S/C19H23N3O4/c1-14(2)18(13-23)21(12-15-7-4-3-5-8-15)19(24)20-16-9-6-10-17(11-16)22(25)26/h3-11,14,18,23H,12-13H2,1-2H3,(H,20,24). The molecule has 7 nitrogen and oxygen atoms in total. The van der Waals surface area contributed by atoms with Gasteiger partial charge < -0.3 is 15.3 Å². The molecular formula is C19H23N3O4. The summed E-state index contributed by atoms with van der Waals surface area (Å²) < 4.78 is 0. The molecule has 2 N–H and O–H groups in total. The SMILES string of the molecule is CC(C)C(CO)N(Cc1ccccc1)C(=O)Nc1cccc([N+](=O)[O-])c1. The van der Waals surface area contributed by atoms with E-state index >= 15 is 0 Å². The van der Waals surface area contributed by atoms with E-state index in [0.29, 0.717) is 12.2 Å². The van der Waals surface area contributed by atoms with E-state index in [-0.39, 0.29) is 24.3 Å². The number of rotatable bonds is 7. The lowest BCUT2D eigenvalue weighted by molar-refractivity contribution is -0.384. The van der Waals surface area contributed by atoms with Gasteiger partial charge in [0.05, 0.1) is 17.6 Å². The number of carbonyl (C=O) groups excluding carboxylic acids is 1. The quantitative estimate of drug-likeness (QED) is 0.584. The van der Waals surface area contributed by atoms with E-state index in [4.69, 9.17) is 0 Å². The van der Waals surface area contributed by atoms with Crippen LogP contribution in [0.3, 0.4) is 0 Å². The molecule has 0 aliphatic heterocycles. The van der Waals surface area contributed by atoms with Crippen molar-refractivity contribution in [3.8, 4) is 0 Å². The Kier molecular flexibility index (Phi) is 6.68. The third-order valence-corrected chi connectivity index (χ3v) is 4.12. The molecule has 1 unspecified atom stereocenters. The molecule has 1 atom stereocenters. The third-order valence-electron chi connectivity index (χ3n) is 4.12. The van der Waals surface area contributed by atoms with Crippen LogP contribution in [-0.2, 0) is 6.54 Å². The van der Waals surface area contributed by atoms with Crippen LogP contribution in [0.1, 0.15) is 19.4 Å². The Morgan fingerprint density at radius 3 is 2.46 bits per heavy atom. The van der Waals surface area contributed by atoms with E-state index in [2.05, 4.69) is 5.32 Å². The zero-order chi connectivity index (χ0) is 19.1. The number of nitrogens with zero attached hydrogens (tertiary/aromatic N) is 2. The summed E-state index contributed by atoms with van der Waals surface area (Å²) in [5.74, 6) is 0.0413. The smallest absolute Gasteiger partial charge is 0.322 e. The highest BCUT2D eigenvalue weighted by Crippen LogP contribution is 2.20. The largest absolute Gasteiger partial charge is 0.394 e. The lowest BCUT2D eigenvalue weighted by Crippen LogP contribution is -2.47. The topological polar surface area (TPSA) is 95.7 Å². The molecule has 138 valence electrons. The summed E-state index contributed by atoms with van der Waals surface area (Å²) >= 11 is 0. The number of carbonyl (C=O) groups is 1. The van der Waals surface area contributed by atoms with Crippen molar-refractivity contribution in [3.05, 3.63) is 70.3 Å². The Morgan fingerprint density at radius 1 is 1.19 bits per heavy atom. The number of hydrogen-bond donors (Lipinski definition) is 2. The number of anilines is 1. The van der Waals surface area contributed by atoms with Gasteiger partial charge in [-0.1, -0.05) is 50.2 Å². The van der Waals surface area contributed by atoms with E-state index in [1.54, 1.807) is 11.0 Å². The van der Waals surface area contributed by atoms with Gasteiger partial charge in [0, 0.05) is 24.4 Å². The van der Waals surface area contributed by atoms with Crippen LogP contribution >= 0.6 is 0 Å². The van der Waals surface area contributed by atoms with Crippen LogP contribution < -0.4 is 5.32 Å². The van der Waals surface area contributed by atoms with Crippen molar-refractivity contribution in [1.82, 2.24) is 4.90 Å². The molecule has 0 bridgehead atoms. The first-order chi connectivity index (χ1) is 12.4. The number of urea groups is 1. The van der Waals surface area contributed by atoms with Crippen LogP contribution in [0.5, 0.6) is 0 Å². The molecule has 26 heavy (non-hydrogen) atoms. The number of benzene rings is 2. The van der Waals surface area contributed by atoms with Gasteiger partial charge in [-0.2, -0.15) is 0 Å². The number of nitrogens with one attached hydrogen (secondary N) is 1. The van der Waals surface area contributed by atoms with Gasteiger partial charge >= 0.3 is 6.03 Å². The summed E-state index contributed by atoms with van der Waals surface area (Å²) in [7, 11) is 0. The van der Waals surface area contributed by atoms with Crippen molar-refractivity contribution in [2.75, 3.05) is 11.9 Å². The molecule has 0 aliphatic rings. The first-order valence-electron chi connectivity index (χ1n) is 8.39. The maximum Gasteiger partial charge on any atom is 0.322 e. The molecule has 0 aromatic heterocycles. The summed E-state index contributed by atoms with van der Waals surface area (Å²) in [5.41, 5.74) is 1.17. The van der Waals surface area contributed by atoms with Gasteiger partial charge in [-0.05, 0) is 17.5 Å². The van der Waals surface area contributed by atoms with E-state index < -0.39 is 11.0 Å². The van der Waals surface area contributed by atoms with Gasteiger partial charge in [-0.3, -0.25) is 10.1 Å². The van der Waals surface area contributed by atoms with Gasteiger partial charge in [-0.15, -0.1) is 0 Å². The predicted molar refractivity (Wildman–Crippen MR) is 99.8 cm³/mol. The van der Waals surface area contributed by atoms with Gasteiger partial charge in [0.1, 0.15) is 0 Å². The second kappa shape index (κ2) is 8.96. The normalized spacial score (nSPS) is 11.8. The fourth-order valence-electron chi connectivity index (χ4n) is 2.68. The van der Waals surface area contributed by atoms with Crippen molar-refractivity contribution in [2.24, 2.45) is 5.92 Å². The van der Waals surface area contributed by atoms with Crippen molar-refractivity contribution in [2.45, 2.75) is 26.4 Å². The number of hydrogen-bond acceptors (Lipinski definition) is 4. The number of nitro benzene ring substituents is 1. The Balaban J connectivity index is 2.24. The molecule has 0 heterocycles. The Hall–Kier alpha value is -2.93. The monoisotopic (exact) mass is 357 g/mol. The van der Waals surface area contributed by atoms with Gasteiger partial charge in [0.25, 0.3) is 5.69 Å². The molecular weight excluding hydrogens is 334 g/mol. The minimum Gasteiger partial charge on any atom is -0.394 e. The Labute approximate surface area is 152 Å². The fraction of sp³-hybridized carbons (Fsp3) is 0.316. The second-order valence-corrected chi connectivity index (χ2v) is 6.35. The number of aliphatic hydroxyl groups is 1. The zero-order valence-corrected chi connectivity index (χ0v) is 14.8. The first-order valence-corrected chi connectivity index (χ1v) is 8.39. The molecule has 0 radical (unpaired) electrons. The molecule has 0 fully saturated rings. The molecule has 0 spiro atoms. The molecule has 0 saturated heterocycles. The second-order valence-electron chi connectivity index (χ2n) is 6.35. The summed E-state index contributed by atoms with van der Waals surface area (Å²) in [6.07, 6.45) is 0. The average Bonchev–Trinajstić information content (AvgIpc) is 2.62. The van der Waals surface area contributed by atoms with Gasteiger partial charge in [0.15, 0.2) is 0 Å². The highest BCUT2D eigenvalue weighted by Gasteiger charge is 2.26. The third kappa shape index (κ3) is 5.03.